The van der Waals surface area contributed by atoms with Crippen LogP contribution in [0.25, 0.3) is 11.0 Å². The van der Waals surface area contributed by atoms with Gasteiger partial charge in [-0.2, -0.15) is 0 Å². The van der Waals surface area contributed by atoms with E-state index < -0.39 is 5.91 Å². The Balaban J connectivity index is 2.22. The fourth-order valence-electron chi connectivity index (χ4n) is 2.35. The van der Waals surface area contributed by atoms with Crippen LogP contribution in [-0.4, -0.2) is 17.6 Å². The molecular formula is C19H18N2O4. The molecule has 0 aliphatic rings. The lowest BCUT2D eigenvalue weighted by Gasteiger charge is -2.08. The summed E-state index contributed by atoms with van der Waals surface area (Å²) in [5.74, 6) is 0.0698. The third-order valence-corrected chi connectivity index (χ3v) is 3.55. The maximum atomic E-state index is 11.8. The number of primary amides is 1. The molecule has 3 aromatic rings. The average Bonchev–Trinajstić information content (AvgIpc) is 2.61. The summed E-state index contributed by atoms with van der Waals surface area (Å²) in [5.41, 5.74) is 6.76. The molecule has 0 spiro atoms. The number of phenolic OH excluding ortho intramolecular Hbond substituents is 1. The zero-order valence-corrected chi connectivity index (χ0v) is 13.7. The van der Waals surface area contributed by atoms with Crippen molar-refractivity contribution >= 4 is 22.6 Å². The monoisotopic (exact) mass is 338 g/mol. The Morgan fingerprint density at radius 2 is 2.00 bits per heavy atom. The fraction of sp³-hybridized carbons (Fsp3) is 0.158. The van der Waals surface area contributed by atoms with Crippen molar-refractivity contribution in [3.05, 3.63) is 59.6 Å². The number of aromatic hydroxyl groups is 1. The Bertz CT molecular complexity index is 975. The lowest BCUT2D eigenvalue weighted by Crippen LogP contribution is -2.21. The van der Waals surface area contributed by atoms with E-state index in [1.165, 1.54) is 12.1 Å². The zero-order chi connectivity index (χ0) is 17.8. The lowest BCUT2D eigenvalue weighted by atomic mass is 10.1. The van der Waals surface area contributed by atoms with E-state index in [1.807, 2.05) is 19.1 Å². The summed E-state index contributed by atoms with van der Waals surface area (Å²) in [7, 11) is 0. The van der Waals surface area contributed by atoms with Crippen molar-refractivity contribution in [2.75, 3.05) is 6.61 Å². The van der Waals surface area contributed by atoms with E-state index in [-0.39, 0.29) is 16.9 Å². The molecule has 0 aliphatic carbocycles. The van der Waals surface area contributed by atoms with Crippen molar-refractivity contribution < 1.29 is 19.1 Å². The van der Waals surface area contributed by atoms with Gasteiger partial charge >= 0.3 is 0 Å². The van der Waals surface area contributed by atoms with E-state index in [0.29, 0.717) is 29.0 Å². The van der Waals surface area contributed by atoms with Crippen molar-refractivity contribution in [2.24, 2.45) is 10.7 Å². The van der Waals surface area contributed by atoms with Gasteiger partial charge in [0, 0.05) is 5.39 Å². The molecule has 0 unspecified atom stereocenters. The normalized spacial score (nSPS) is 11.6. The molecule has 1 heterocycles. The summed E-state index contributed by atoms with van der Waals surface area (Å²) in [6.45, 7) is 2.57. The predicted molar refractivity (Wildman–Crippen MR) is 93.8 cm³/mol. The largest absolute Gasteiger partial charge is 0.508 e. The molecule has 0 atom stereocenters. The number of fused-ring (bicyclic) bond motifs is 1. The second-order valence-electron chi connectivity index (χ2n) is 5.48. The molecule has 128 valence electrons. The molecule has 6 heteroatoms. The average molecular weight is 338 g/mol. The van der Waals surface area contributed by atoms with Crippen LogP contribution in [-0.2, 0) is 0 Å². The van der Waals surface area contributed by atoms with E-state index in [4.69, 9.17) is 14.9 Å². The summed E-state index contributed by atoms with van der Waals surface area (Å²) in [6, 6.07) is 13.3. The van der Waals surface area contributed by atoms with Crippen LogP contribution in [0.15, 0.2) is 57.9 Å². The molecule has 1 aromatic heterocycles. The van der Waals surface area contributed by atoms with Crippen LogP contribution in [0.5, 0.6) is 11.5 Å². The second-order valence-corrected chi connectivity index (χ2v) is 5.48. The molecule has 0 saturated carbocycles. The highest BCUT2D eigenvalue weighted by Gasteiger charge is 2.12. The molecule has 6 nitrogen and oxygen atoms in total. The SMILES string of the molecule is CCCOc1cccc2cc(C(N)=O)c(=Nc3ccc(O)cc3)oc12. The minimum Gasteiger partial charge on any atom is -0.508 e. The third kappa shape index (κ3) is 3.63. The van der Waals surface area contributed by atoms with E-state index in [0.717, 1.165) is 6.42 Å². The van der Waals surface area contributed by atoms with Gasteiger partial charge in [0.05, 0.1) is 12.3 Å². The quantitative estimate of drug-likeness (QED) is 0.746. The molecule has 2 aromatic carbocycles. The van der Waals surface area contributed by atoms with Gasteiger partial charge in [0.1, 0.15) is 11.3 Å². The van der Waals surface area contributed by atoms with Gasteiger partial charge in [0.25, 0.3) is 5.91 Å². The summed E-state index contributed by atoms with van der Waals surface area (Å²) in [4.78, 5) is 16.1. The number of nitrogens with zero attached hydrogens (tertiary/aromatic N) is 1. The van der Waals surface area contributed by atoms with Gasteiger partial charge in [0.15, 0.2) is 11.3 Å². The highest BCUT2D eigenvalue weighted by Crippen LogP contribution is 2.25. The van der Waals surface area contributed by atoms with Gasteiger partial charge in [0.2, 0.25) is 5.55 Å². The van der Waals surface area contributed by atoms with Crippen molar-refractivity contribution in [3.63, 3.8) is 0 Å². The minimum absolute atomic E-state index is 0.0956. The Kier molecular flexibility index (Phi) is 4.70. The fourth-order valence-corrected chi connectivity index (χ4v) is 2.35. The van der Waals surface area contributed by atoms with Crippen molar-refractivity contribution in [2.45, 2.75) is 13.3 Å². The van der Waals surface area contributed by atoms with Crippen molar-refractivity contribution in [1.29, 1.82) is 0 Å². The van der Waals surface area contributed by atoms with E-state index in [1.54, 1.807) is 24.3 Å². The number of amides is 1. The summed E-state index contributed by atoms with van der Waals surface area (Å²) in [5, 5.41) is 10.1. The van der Waals surface area contributed by atoms with Crippen LogP contribution in [0.1, 0.15) is 23.7 Å². The molecule has 3 N–H and O–H groups in total. The molecule has 0 bridgehead atoms. The Labute approximate surface area is 144 Å². The van der Waals surface area contributed by atoms with Gasteiger partial charge in [-0.25, -0.2) is 4.99 Å². The molecule has 3 rings (SSSR count). The van der Waals surface area contributed by atoms with Crippen LogP contribution in [0.4, 0.5) is 5.69 Å². The number of nitrogens with two attached hydrogens (primary N) is 1. The van der Waals surface area contributed by atoms with Gasteiger partial charge in [-0.1, -0.05) is 19.1 Å². The Hall–Kier alpha value is -3.28. The van der Waals surface area contributed by atoms with Crippen LogP contribution < -0.4 is 16.0 Å². The highest BCUT2D eigenvalue weighted by atomic mass is 16.5. The van der Waals surface area contributed by atoms with E-state index >= 15 is 0 Å². The number of phenols is 1. The maximum absolute atomic E-state index is 11.8. The molecule has 0 aliphatic heterocycles. The lowest BCUT2D eigenvalue weighted by molar-refractivity contribution is 0.0996. The first-order valence-electron chi connectivity index (χ1n) is 7.91. The highest BCUT2D eigenvalue weighted by molar-refractivity contribution is 5.96. The van der Waals surface area contributed by atoms with Crippen LogP contribution in [0, 0.1) is 0 Å². The zero-order valence-electron chi connectivity index (χ0n) is 13.7. The Morgan fingerprint density at radius 3 is 2.68 bits per heavy atom. The molecular weight excluding hydrogens is 320 g/mol. The summed E-state index contributed by atoms with van der Waals surface area (Å²) < 4.78 is 11.6. The first-order valence-corrected chi connectivity index (χ1v) is 7.91. The molecule has 0 radical (unpaired) electrons. The Morgan fingerprint density at radius 1 is 1.24 bits per heavy atom. The second kappa shape index (κ2) is 7.09. The minimum atomic E-state index is -0.636. The van der Waals surface area contributed by atoms with E-state index in [2.05, 4.69) is 4.99 Å². The topological polar surface area (TPSA) is 98.1 Å². The summed E-state index contributed by atoms with van der Waals surface area (Å²) in [6.07, 6.45) is 0.862. The van der Waals surface area contributed by atoms with Gasteiger partial charge < -0.3 is 20.0 Å². The number of rotatable bonds is 5. The first kappa shape index (κ1) is 16.6. The maximum Gasteiger partial charge on any atom is 0.254 e. The number of ether oxygens (including phenoxy) is 1. The molecule has 25 heavy (non-hydrogen) atoms. The van der Waals surface area contributed by atoms with Gasteiger partial charge in [-0.3, -0.25) is 4.79 Å². The van der Waals surface area contributed by atoms with Gasteiger partial charge in [-0.15, -0.1) is 0 Å². The van der Waals surface area contributed by atoms with Crippen LogP contribution >= 0.6 is 0 Å². The summed E-state index contributed by atoms with van der Waals surface area (Å²) >= 11 is 0. The van der Waals surface area contributed by atoms with Crippen molar-refractivity contribution in [3.8, 4) is 11.5 Å². The standard InChI is InChI=1S/C19H18N2O4/c1-2-10-24-16-5-3-4-12-11-15(18(20)23)19(25-17(12)16)21-13-6-8-14(22)9-7-13/h3-9,11,22H,2,10H2,1H3,(H2,20,23). The van der Waals surface area contributed by atoms with E-state index in [9.17, 15) is 9.90 Å². The predicted octanol–water partition coefficient (Wildman–Crippen LogP) is 3.26. The number of carbonyl (C=O) groups is 1. The first-order chi connectivity index (χ1) is 12.1. The molecule has 0 fully saturated rings. The van der Waals surface area contributed by atoms with Crippen LogP contribution in [0.2, 0.25) is 0 Å². The smallest absolute Gasteiger partial charge is 0.254 e. The number of carbonyl (C=O) groups excluding carboxylic acids is 1. The van der Waals surface area contributed by atoms with Crippen molar-refractivity contribution in [1.82, 2.24) is 0 Å². The number of hydrogen-bond donors (Lipinski definition) is 2. The van der Waals surface area contributed by atoms with Crippen LogP contribution in [0.3, 0.4) is 0 Å². The molecule has 1 amide bonds. The number of benzene rings is 2. The number of hydrogen-bond acceptors (Lipinski definition) is 5. The van der Waals surface area contributed by atoms with Gasteiger partial charge in [-0.05, 0) is 42.8 Å². The third-order valence-electron chi connectivity index (χ3n) is 3.55. The number of para-hydroxylation sites is 1. The molecule has 0 saturated heterocycles.